The van der Waals surface area contributed by atoms with E-state index in [0.717, 1.165) is 0 Å². The van der Waals surface area contributed by atoms with Crippen LogP contribution in [0.4, 0.5) is 8.78 Å². The standard InChI is InChI=1S/C14H11F2N3O5S2/c1-7(10(20)17-14(25-2)18-26(23,24)13(15)16)19-11(21)8-5-3-4-6-9(8)12(19)22/h3-6,13H,1H2,2H3,(H,17,18,20). The third kappa shape index (κ3) is 3.65. The summed E-state index contributed by atoms with van der Waals surface area (Å²) >= 11 is 0.567. The third-order valence-electron chi connectivity index (χ3n) is 3.17. The number of hydrogen-bond acceptors (Lipinski definition) is 6. The Kier molecular flexibility index (Phi) is 5.56. The van der Waals surface area contributed by atoms with Gasteiger partial charge in [0.05, 0.1) is 11.1 Å². The molecule has 1 heterocycles. The molecule has 1 N–H and O–H groups in total. The molecule has 26 heavy (non-hydrogen) atoms. The van der Waals surface area contributed by atoms with Crippen molar-refractivity contribution in [3.8, 4) is 0 Å². The number of nitrogens with one attached hydrogen (secondary N) is 1. The van der Waals surface area contributed by atoms with Crippen LogP contribution in [0.2, 0.25) is 0 Å². The summed E-state index contributed by atoms with van der Waals surface area (Å²) in [4.78, 5) is 40.4. The highest BCUT2D eigenvalue weighted by Gasteiger charge is 2.39. The maximum absolute atomic E-state index is 12.4. The number of sulfonamides is 1. The molecule has 138 valence electrons. The molecule has 12 heteroatoms. The van der Waals surface area contributed by atoms with Gasteiger partial charge in [0.1, 0.15) is 5.70 Å². The van der Waals surface area contributed by atoms with Crippen molar-refractivity contribution >= 4 is 44.7 Å². The fourth-order valence-corrected chi connectivity index (χ4v) is 3.20. The number of halogens is 2. The lowest BCUT2D eigenvalue weighted by Gasteiger charge is -2.14. The van der Waals surface area contributed by atoms with Gasteiger partial charge in [-0.2, -0.15) is 13.8 Å². The zero-order chi connectivity index (χ0) is 19.6. The Morgan fingerprint density at radius 3 is 2.15 bits per heavy atom. The number of imide groups is 1. The zero-order valence-electron chi connectivity index (χ0n) is 13.1. The molecule has 2 rings (SSSR count). The van der Waals surface area contributed by atoms with E-state index in [1.54, 1.807) is 0 Å². The number of carbonyl (C=O) groups excluding carboxylic acids is 3. The molecule has 0 fully saturated rings. The first-order valence-corrected chi connectivity index (χ1v) is 9.50. The van der Waals surface area contributed by atoms with Gasteiger partial charge in [0, 0.05) is 0 Å². The van der Waals surface area contributed by atoms with E-state index in [1.165, 1.54) is 35.2 Å². The molecular formula is C14H11F2N3O5S2. The number of aliphatic imine (C=N–C) groups is 1. The van der Waals surface area contributed by atoms with E-state index in [-0.39, 0.29) is 11.1 Å². The number of carbonyl (C=O) groups is 3. The molecule has 0 radical (unpaired) electrons. The fourth-order valence-electron chi connectivity index (χ4n) is 1.96. The van der Waals surface area contributed by atoms with E-state index in [9.17, 15) is 31.6 Å². The van der Waals surface area contributed by atoms with Gasteiger partial charge in [-0.1, -0.05) is 30.5 Å². The molecule has 1 aliphatic rings. The number of fused-ring (bicyclic) bond motifs is 1. The SMILES string of the molecule is C=C(C(=O)N=C(NS(=O)(=O)C(F)F)SC)N1C(=O)c2ccccc2C1=O. The molecule has 0 unspecified atom stereocenters. The van der Waals surface area contributed by atoms with Gasteiger partial charge < -0.3 is 0 Å². The zero-order valence-corrected chi connectivity index (χ0v) is 14.7. The van der Waals surface area contributed by atoms with Crippen molar-refractivity contribution in [3.63, 3.8) is 0 Å². The smallest absolute Gasteiger partial charge is 0.268 e. The number of benzene rings is 1. The van der Waals surface area contributed by atoms with Crippen LogP contribution in [0.25, 0.3) is 0 Å². The molecule has 0 saturated carbocycles. The Hall–Kier alpha value is -2.60. The average molecular weight is 403 g/mol. The molecule has 0 atom stereocenters. The summed E-state index contributed by atoms with van der Waals surface area (Å²) in [6.45, 7) is 3.33. The average Bonchev–Trinajstić information content (AvgIpc) is 2.84. The largest absolute Gasteiger partial charge is 0.355 e. The normalized spacial score (nSPS) is 14.6. The van der Waals surface area contributed by atoms with E-state index >= 15 is 0 Å². The van der Waals surface area contributed by atoms with E-state index < -0.39 is 44.4 Å². The van der Waals surface area contributed by atoms with Crippen LogP contribution in [-0.4, -0.2) is 48.2 Å². The van der Waals surface area contributed by atoms with Crippen molar-refractivity contribution in [2.45, 2.75) is 5.76 Å². The Morgan fingerprint density at radius 1 is 1.23 bits per heavy atom. The highest BCUT2D eigenvalue weighted by molar-refractivity contribution is 8.14. The minimum atomic E-state index is -5.03. The van der Waals surface area contributed by atoms with Gasteiger partial charge in [0.25, 0.3) is 27.7 Å². The van der Waals surface area contributed by atoms with Gasteiger partial charge in [-0.25, -0.2) is 13.3 Å². The predicted octanol–water partition coefficient (Wildman–Crippen LogP) is 1.18. The van der Waals surface area contributed by atoms with Crippen LogP contribution in [0.3, 0.4) is 0 Å². The number of amides is 3. The molecule has 1 aromatic rings. The first-order chi connectivity index (χ1) is 12.1. The van der Waals surface area contributed by atoms with E-state index in [1.807, 2.05) is 0 Å². The number of alkyl halides is 2. The van der Waals surface area contributed by atoms with Crippen molar-refractivity contribution in [1.29, 1.82) is 0 Å². The number of hydrogen-bond donors (Lipinski definition) is 1. The minimum absolute atomic E-state index is 0.0684. The van der Waals surface area contributed by atoms with Gasteiger partial charge in [-0.05, 0) is 18.4 Å². The minimum Gasteiger partial charge on any atom is -0.268 e. The summed E-state index contributed by atoms with van der Waals surface area (Å²) in [6.07, 6.45) is 1.28. The van der Waals surface area contributed by atoms with Crippen LogP contribution in [0.5, 0.6) is 0 Å². The molecule has 0 spiro atoms. The van der Waals surface area contributed by atoms with E-state index in [4.69, 9.17) is 0 Å². The Bertz CT molecular complexity index is 909. The van der Waals surface area contributed by atoms with Gasteiger partial charge in [-0.3, -0.25) is 19.1 Å². The van der Waals surface area contributed by atoms with Crippen molar-refractivity contribution in [3.05, 3.63) is 47.7 Å². The highest BCUT2D eigenvalue weighted by Crippen LogP contribution is 2.25. The first kappa shape index (κ1) is 19.7. The van der Waals surface area contributed by atoms with Crippen LogP contribution < -0.4 is 4.72 Å². The van der Waals surface area contributed by atoms with Crippen molar-refractivity contribution < 1.29 is 31.6 Å². The van der Waals surface area contributed by atoms with Crippen LogP contribution in [0.1, 0.15) is 20.7 Å². The monoisotopic (exact) mass is 403 g/mol. The van der Waals surface area contributed by atoms with Crippen molar-refractivity contribution in [2.24, 2.45) is 4.99 Å². The molecule has 1 aromatic carbocycles. The Labute approximate surface area is 151 Å². The van der Waals surface area contributed by atoms with Gasteiger partial charge in [0.2, 0.25) is 0 Å². The lowest BCUT2D eigenvalue weighted by atomic mass is 10.1. The van der Waals surface area contributed by atoms with E-state index in [2.05, 4.69) is 11.6 Å². The third-order valence-corrected chi connectivity index (χ3v) is 4.83. The summed E-state index contributed by atoms with van der Waals surface area (Å²) in [5.41, 5.74) is -0.503. The Balaban J connectivity index is 2.26. The highest BCUT2D eigenvalue weighted by atomic mass is 32.2. The molecule has 1 aliphatic heterocycles. The van der Waals surface area contributed by atoms with Gasteiger partial charge in [-0.15, -0.1) is 0 Å². The molecule has 8 nitrogen and oxygen atoms in total. The van der Waals surface area contributed by atoms with Crippen molar-refractivity contribution in [1.82, 2.24) is 9.62 Å². The fraction of sp³-hybridized carbons (Fsp3) is 0.143. The molecule has 0 aromatic heterocycles. The summed E-state index contributed by atoms with van der Waals surface area (Å²) in [6, 6.07) is 5.84. The number of rotatable bonds is 4. The second-order valence-electron chi connectivity index (χ2n) is 4.77. The van der Waals surface area contributed by atoms with Crippen LogP contribution >= 0.6 is 11.8 Å². The summed E-state index contributed by atoms with van der Waals surface area (Å²) < 4.78 is 48.5. The quantitative estimate of drug-likeness (QED) is 0.350. The molecule has 3 amide bonds. The molecule has 0 bridgehead atoms. The topological polar surface area (TPSA) is 113 Å². The van der Waals surface area contributed by atoms with Crippen LogP contribution in [-0.2, 0) is 14.8 Å². The number of amidine groups is 1. The van der Waals surface area contributed by atoms with Crippen LogP contribution in [0.15, 0.2) is 41.5 Å². The van der Waals surface area contributed by atoms with Gasteiger partial charge >= 0.3 is 5.76 Å². The molecular weight excluding hydrogens is 392 g/mol. The van der Waals surface area contributed by atoms with Gasteiger partial charge in [0.15, 0.2) is 5.17 Å². The summed E-state index contributed by atoms with van der Waals surface area (Å²) in [5, 5.41) is -0.659. The molecule has 0 aliphatic carbocycles. The second kappa shape index (κ2) is 7.33. The summed E-state index contributed by atoms with van der Waals surface area (Å²) in [5.74, 6) is -6.55. The van der Waals surface area contributed by atoms with Crippen molar-refractivity contribution in [2.75, 3.05) is 6.26 Å². The maximum atomic E-state index is 12.4. The second-order valence-corrected chi connectivity index (χ2v) is 7.22. The van der Waals surface area contributed by atoms with E-state index in [0.29, 0.717) is 16.7 Å². The summed E-state index contributed by atoms with van der Waals surface area (Å²) in [7, 11) is -5.03. The molecule has 0 saturated heterocycles. The van der Waals surface area contributed by atoms with Crippen LogP contribution in [0, 0.1) is 0 Å². The Morgan fingerprint density at radius 2 is 1.73 bits per heavy atom. The first-order valence-electron chi connectivity index (χ1n) is 6.73. The predicted molar refractivity (Wildman–Crippen MR) is 90.1 cm³/mol. The number of thioether (sulfide) groups is 1. The number of nitrogens with zero attached hydrogens (tertiary/aromatic N) is 2. The maximum Gasteiger partial charge on any atom is 0.355 e. The lowest BCUT2D eigenvalue weighted by Crippen LogP contribution is -2.35. The lowest BCUT2D eigenvalue weighted by molar-refractivity contribution is -0.115.